The number of piperidine rings is 1. The van der Waals surface area contributed by atoms with E-state index in [9.17, 15) is 14.4 Å². The van der Waals surface area contributed by atoms with Crippen molar-refractivity contribution in [2.45, 2.75) is 39.7 Å². The number of ketones is 1. The van der Waals surface area contributed by atoms with Crippen LogP contribution in [0.25, 0.3) is 11.0 Å². The van der Waals surface area contributed by atoms with E-state index < -0.39 is 6.04 Å². The minimum absolute atomic E-state index is 0.0409. The normalized spacial score (nSPS) is 15.8. The molecule has 1 unspecified atom stereocenters. The second-order valence-corrected chi connectivity index (χ2v) is 8.54. The van der Waals surface area contributed by atoms with Crippen molar-refractivity contribution < 1.29 is 18.8 Å². The molecule has 8 heteroatoms. The van der Waals surface area contributed by atoms with Crippen LogP contribution < -0.4 is 10.6 Å². The molecule has 0 saturated carbocycles. The summed E-state index contributed by atoms with van der Waals surface area (Å²) in [7, 11) is 0. The van der Waals surface area contributed by atoms with Gasteiger partial charge in [-0.1, -0.05) is 12.1 Å². The molecule has 2 amide bonds. The number of benzene rings is 1. The van der Waals surface area contributed by atoms with Crippen LogP contribution in [0.1, 0.15) is 42.8 Å². The van der Waals surface area contributed by atoms with Crippen molar-refractivity contribution in [2.24, 2.45) is 5.92 Å². The average molecular weight is 449 g/mol. The van der Waals surface area contributed by atoms with Crippen LogP contribution in [0.4, 0.5) is 11.5 Å². The van der Waals surface area contributed by atoms with Gasteiger partial charge in [0.1, 0.15) is 11.4 Å². The fraction of sp³-hybridized carbons (Fsp3) is 0.360. The van der Waals surface area contributed by atoms with Crippen molar-refractivity contribution >= 4 is 40.1 Å². The topological polar surface area (TPSA) is 105 Å². The minimum atomic E-state index is -0.416. The van der Waals surface area contributed by atoms with Gasteiger partial charge in [-0.25, -0.2) is 4.98 Å². The number of furan rings is 1. The van der Waals surface area contributed by atoms with Gasteiger partial charge in [-0.2, -0.15) is 0 Å². The molecule has 8 nitrogen and oxygen atoms in total. The predicted molar refractivity (Wildman–Crippen MR) is 126 cm³/mol. The van der Waals surface area contributed by atoms with Crippen LogP contribution in [0.3, 0.4) is 0 Å². The maximum Gasteiger partial charge on any atom is 0.241 e. The highest BCUT2D eigenvalue weighted by molar-refractivity contribution is 6.11. The summed E-state index contributed by atoms with van der Waals surface area (Å²) in [5.74, 6) is 0.0856. The van der Waals surface area contributed by atoms with Gasteiger partial charge in [-0.05, 0) is 69.6 Å². The molecule has 1 aliphatic rings. The van der Waals surface area contributed by atoms with Gasteiger partial charge in [-0.3, -0.25) is 19.3 Å². The molecular weight excluding hydrogens is 420 g/mol. The second kappa shape index (κ2) is 9.54. The van der Waals surface area contributed by atoms with E-state index in [4.69, 9.17) is 4.42 Å². The molecule has 1 saturated heterocycles. The van der Waals surface area contributed by atoms with Gasteiger partial charge < -0.3 is 15.1 Å². The molecule has 1 atom stereocenters. The molecule has 1 aliphatic heterocycles. The van der Waals surface area contributed by atoms with Gasteiger partial charge in [0.15, 0.2) is 11.5 Å². The number of nitrogens with zero attached hydrogens (tertiary/aromatic N) is 2. The van der Waals surface area contributed by atoms with Crippen LogP contribution in [0.2, 0.25) is 0 Å². The summed E-state index contributed by atoms with van der Waals surface area (Å²) in [6.45, 7) is 6.45. The maximum atomic E-state index is 13.0. The monoisotopic (exact) mass is 448 g/mol. The SMILES string of the molecule is CC(=O)c1oc2ccccc2c1NC(=O)C(C)N1CCC(C(=O)Nc2cc(C)ccn2)CC1. The number of hydrogen-bond donors (Lipinski definition) is 2. The lowest BCUT2D eigenvalue weighted by atomic mass is 9.95. The third-order valence-corrected chi connectivity index (χ3v) is 6.16. The molecule has 2 N–H and O–H groups in total. The number of Topliss-reactive ketones (excluding diaryl/α,β-unsaturated/α-hetero) is 1. The molecule has 0 radical (unpaired) electrons. The third-order valence-electron chi connectivity index (χ3n) is 6.16. The number of carbonyl (C=O) groups is 3. The zero-order valence-corrected chi connectivity index (χ0v) is 19.1. The first kappa shape index (κ1) is 22.7. The lowest BCUT2D eigenvalue weighted by Crippen LogP contribution is -2.47. The number of anilines is 2. The summed E-state index contributed by atoms with van der Waals surface area (Å²) in [5, 5.41) is 6.49. The van der Waals surface area contributed by atoms with Gasteiger partial charge in [0, 0.05) is 24.4 Å². The van der Waals surface area contributed by atoms with Gasteiger partial charge >= 0.3 is 0 Å². The Bertz CT molecular complexity index is 1190. The van der Waals surface area contributed by atoms with Crippen molar-refractivity contribution in [3.8, 4) is 0 Å². The van der Waals surface area contributed by atoms with Crippen molar-refractivity contribution in [3.05, 3.63) is 53.9 Å². The highest BCUT2D eigenvalue weighted by atomic mass is 16.3. The van der Waals surface area contributed by atoms with E-state index in [0.29, 0.717) is 48.4 Å². The van der Waals surface area contributed by atoms with E-state index in [1.165, 1.54) is 6.92 Å². The summed E-state index contributed by atoms with van der Waals surface area (Å²) in [6, 6.07) is 10.5. The van der Waals surface area contributed by atoms with E-state index in [-0.39, 0.29) is 29.3 Å². The summed E-state index contributed by atoms with van der Waals surface area (Å²) in [6.07, 6.45) is 2.99. The zero-order valence-electron chi connectivity index (χ0n) is 19.1. The molecule has 3 heterocycles. The zero-order chi connectivity index (χ0) is 23.5. The van der Waals surface area contributed by atoms with E-state index in [1.807, 2.05) is 44.2 Å². The number of likely N-dealkylation sites (tertiary alicyclic amines) is 1. The molecular formula is C25H28N4O4. The van der Waals surface area contributed by atoms with Crippen molar-refractivity contribution in [3.63, 3.8) is 0 Å². The number of hydrogen-bond acceptors (Lipinski definition) is 6. The Morgan fingerprint density at radius 1 is 1.12 bits per heavy atom. The van der Waals surface area contributed by atoms with Gasteiger partial charge in [0.05, 0.1) is 11.7 Å². The van der Waals surface area contributed by atoms with Gasteiger partial charge in [-0.15, -0.1) is 0 Å². The van der Waals surface area contributed by atoms with Crippen LogP contribution in [-0.2, 0) is 9.59 Å². The Balaban J connectivity index is 1.37. The number of carbonyl (C=O) groups excluding carboxylic acids is 3. The third kappa shape index (κ3) is 4.96. The molecule has 4 rings (SSSR count). The maximum absolute atomic E-state index is 13.0. The van der Waals surface area contributed by atoms with Crippen LogP contribution in [-0.4, -0.2) is 46.6 Å². The molecule has 0 aliphatic carbocycles. The number of amides is 2. The Labute approximate surface area is 192 Å². The van der Waals surface area contributed by atoms with Crippen molar-refractivity contribution in [2.75, 3.05) is 23.7 Å². The molecule has 33 heavy (non-hydrogen) atoms. The molecule has 2 aromatic heterocycles. The molecule has 3 aromatic rings. The Hall–Kier alpha value is -3.52. The Morgan fingerprint density at radius 2 is 1.85 bits per heavy atom. The van der Waals surface area contributed by atoms with Crippen LogP contribution in [0.15, 0.2) is 47.0 Å². The number of aryl methyl sites for hydroxylation is 1. The molecule has 0 spiro atoms. The van der Waals surface area contributed by atoms with Crippen LogP contribution >= 0.6 is 0 Å². The largest absolute Gasteiger partial charge is 0.451 e. The van der Waals surface area contributed by atoms with Crippen LogP contribution in [0.5, 0.6) is 0 Å². The Kier molecular flexibility index (Phi) is 6.55. The van der Waals surface area contributed by atoms with Crippen molar-refractivity contribution in [1.82, 2.24) is 9.88 Å². The summed E-state index contributed by atoms with van der Waals surface area (Å²) >= 11 is 0. The quantitative estimate of drug-likeness (QED) is 0.552. The fourth-order valence-electron chi connectivity index (χ4n) is 4.19. The van der Waals surface area contributed by atoms with Crippen LogP contribution in [0, 0.1) is 12.8 Å². The average Bonchev–Trinajstić information content (AvgIpc) is 3.17. The van der Waals surface area contributed by atoms with Gasteiger partial charge in [0.2, 0.25) is 11.8 Å². The minimum Gasteiger partial charge on any atom is -0.451 e. The first-order valence-electron chi connectivity index (χ1n) is 11.1. The highest BCUT2D eigenvalue weighted by Crippen LogP contribution is 2.31. The number of fused-ring (bicyclic) bond motifs is 1. The molecule has 172 valence electrons. The standard InChI is InChI=1S/C25H28N4O4/c1-15-8-11-26-21(14-15)27-25(32)18-9-12-29(13-10-18)16(2)24(31)28-22-19-6-4-5-7-20(19)33-23(22)17(3)30/h4-8,11,14,16,18H,9-10,12-13H2,1-3H3,(H,28,31)(H,26,27,32). The van der Waals surface area contributed by atoms with E-state index >= 15 is 0 Å². The molecule has 1 fully saturated rings. The first-order valence-corrected chi connectivity index (χ1v) is 11.1. The predicted octanol–water partition coefficient (Wildman–Crippen LogP) is 4.02. The summed E-state index contributed by atoms with van der Waals surface area (Å²) in [4.78, 5) is 43.9. The number of aromatic nitrogens is 1. The Morgan fingerprint density at radius 3 is 2.55 bits per heavy atom. The number of rotatable bonds is 6. The lowest BCUT2D eigenvalue weighted by Gasteiger charge is -2.34. The van der Waals surface area contributed by atoms with Gasteiger partial charge in [0.25, 0.3) is 0 Å². The van der Waals surface area contributed by atoms with E-state index in [1.54, 1.807) is 12.3 Å². The molecule has 0 bridgehead atoms. The lowest BCUT2D eigenvalue weighted by molar-refractivity contribution is -0.123. The second-order valence-electron chi connectivity index (χ2n) is 8.54. The first-order chi connectivity index (χ1) is 15.8. The number of pyridine rings is 1. The number of para-hydroxylation sites is 1. The van der Waals surface area contributed by atoms with E-state index in [0.717, 1.165) is 5.56 Å². The van der Waals surface area contributed by atoms with E-state index in [2.05, 4.69) is 20.5 Å². The smallest absolute Gasteiger partial charge is 0.241 e. The number of nitrogens with one attached hydrogen (secondary N) is 2. The van der Waals surface area contributed by atoms with Crippen molar-refractivity contribution in [1.29, 1.82) is 0 Å². The summed E-state index contributed by atoms with van der Waals surface area (Å²) < 4.78 is 5.66. The highest BCUT2D eigenvalue weighted by Gasteiger charge is 2.31. The molecule has 1 aromatic carbocycles. The fourth-order valence-corrected chi connectivity index (χ4v) is 4.19. The summed E-state index contributed by atoms with van der Waals surface area (Å²) in [5.41, 5.74) is 2.00.